The quantitative estimate of drug-likeness (QED) is 0.669. The van der Waals surface area contributed by atoms with Gasteiger partial charge in [-0.3, -0.25) is 4.79 Å². The minimum absolute atomic E-state index is 0.0867. The largest absolute Gasteiger partial charge is 0.465 e. The molecule has 0 saturated carbocycles. The summed E-state index contributed by atoms with van der Waals surface area (Å²) in [6.45, 7) is 8.21. The molecular formula is C12H24N2O3. The number of amides is 2. The van der Waals surface area contributed by atoms with Gasteiger partial charge in [-0.2, -0.15) is 0 Å². The van der Waals surface area contributed by atoms with Crippen molar-refractivity contribution in [3.63, 3.8) is 0 Å². The first kappa shape index (κ1) is 15.7. The number of carbonyl (C=O) groups excluding carboxylic acids is 2. The Morgan fingerprint density at radius 2 is 1.82 bits per heavy atom. The number of carbonyl (C=O) groups is 2. The second-order valence-electron chi connectivity index (χ2n) is 4.50. The zero-order chi connectivity index (χ0) is 13.3. The third-order valence-electron chi connectivity index (χ3n) is 2.25. The number of hydrogen-bond acceptors (Lipinski definition) is 3. The molecular weight excluding hydrogens is 220 g/mol. The van der Waals surface area contributed by atoms with Crippen molar-refractivity contribution >= 4 is 12.0 Å². The molecule has 17 heavy (non-hydrogen) atoms. The van der Waals surface area contributed by atoms with E-state index in [0.29, 0.717) is 12.5 Å². The van der Waals surface area contributed by atoms with Gasteiger partial charge in [0.05, 0.1) is 6.61 Å². The van der Waals surface area contributed by atoms with Crippen LogP contribution in [0.2, 0.25) is 0 Å². The van der Waals surface area contributed by atoms with Crippen LogP contribution in [0.3, 0.4) is 0 Å². The lowest BCUT2D eigenvalue weighted by Gasteiger charge is -2.15. The SMILES string of the molecule is CCOC(=O)CNC(=O)N[C@@H](C)CCC(C)C. The average molecular weight is 244 g/mol. The number of esters is 1. The summed E-state index contributed by atoms with van der Waals surface area (Å²) in [6.07, 6.45) is 2.00. The van der Waals surface area contributed by atoms with E-state index in [1.54, 1.807) is 6.92 Å². The van der Waals surface area contributed by atoms with Crippen LogP contribution < -0.4 is 10.6 Å². The molecule has 0 aliphatic rings. The van der Waals surface area contributed by atoms with Crippen LogP contribution in [0, 0.1) is 5.92 Å². The van der Waals surface area contributed by atoms with Crippen LogP contribution in [0.1, 0.15) is 40.5 Å². The fourth-order valence-corrected chi connectivity index (χ4v) is 1.29. The van der Waals surface area contributed by atoms with Crippen LogP contribution in [0.5, 0.6) is 0 Å². The summed E-state index contributed by atoms with van der Waals surface area (Å²) in [4.78, 5) is 22.4. The lowest BCUT2D eigenvalue weighted by molar-refractivity contribution is -0.141. The van der Waals surface area contributed by atoms with Crippen molar-refractivity contribution in [2.24, 2.45) is 5.92 Å². The van der Waals surface area contributed by atoms with Gasteiger partial charge in [0.25, 0.3) is 0 Å². The lowest BCUT2D eigenvalue weighted by Crippen LogP contribution is -2.43. The van der Waals surface area contributed by atoms with Gasteiger partial charge in [0.2, 0.25) is 0 Å². The van der Waals surface area contributed by atoms with Crippen molar-refractivity contribution < 1.29 is 14.3 Å². The first-order valence-electron chi connectivity index (χ1n) is 6.15. The molecule has 0 bridgehead atoms. The number of nitrogens with one attached hydrogen (secondary N) is 2. The molecule has 0 aliphatic heterocycles. The molecule has 0 aromatic heterocycles. The highest BCUT2D eigenvalue weighted by molar-refractivity contribution is 5.80. The number of ether oxygens (including phenoxy) is 1. The molecule has 100 valence electrons. The summed E-state index contributed by atoms with van der Waals surface area (Å²) in [6, 6.07) is -0.214. The topological polar surface area (TPSA) is 67.4 Å². The van der Waals surface area contributed by atoms with Gasteiger partial charge in [-0.15, -0.1) is 0 Å². The maximum absolute atomic E-state index is 11.4. The first-order chi connectivity index (χ1) is 7.95. The van der Waals surface area contributed by atoms with E-state index in [1.165, 1.54) is 0 Å². The third-order valence-corrected chi connectivity index (χ3v) is 2.25. The molecule has 0 aromatic rings. The summed E-state index contributed by atoms with van der Waals surface area (Å²) in [5.74, 6) is 0.208. The van der Waals surface area contributed by atoms with Crippen molar-refractivity contribution in [3.8, 4) is 0 Å². The van der Waals surface area contributed by atoms with Crippen molar-refractivity contribution in [3.05, 3.63) is 0 Å². The number of rotatable bonds is 7. The molecule has 0 unspecified atom stereocenters. The van der Waals surface area contributed by atoms with E-state index in [2.05, 4.69) is 24.5 Å². The first-order valence-corrected chi connectivity index (χ1v) is 6.15. The molecule has 0 saturated heterocycles. The summed E-state index contributed by atoms with van der Waals surface area (Å²) >= 11 is 0. The Morgan fingerprint density at radius 1 is 1.18 bits per heavy atom. The summed E-state index contributed by atoms with van der Waals surface area (Å²) in [5.41, 5.74) is 0. The minimum Gasteiger partial charge on any atom is -0.465 e. The normalized spacial score (nSPS) is 12.1. The van der Waals surface area contributed by atoms with E-state index >= 15 is 0 Å². The molecule has 0 aliphatic carbocycles. The lowest BCUT2D eigenvalue weighted by atomic mass is 10.0. The van der Waals surface area contributed by atoms with Gasteiger partial charge in [0.1, 0.15) is 6.54 Å². The average Bonchev–Trinajstić information content (AvgIpc) is 2.24. The highest BCUT2D eigenvalue weighted by Crippen LogP contribution is 2.05. The Bertz CT molecular complexity index is 242. The summed E-state index contributed by atoms with van der Waals surface area (Å²) in [7, 11) is 0. The zero-order valence-electron chi connectivity index (χ0n) is 11.2. The van der Waals surface area contributed by atoms with Gasteiger partial charge >= 0.3 is 12.0 Å². The van der Waals surface area contributed by atoms with Crippen LogP contribution in [0.25, 0.3) is 0 Å². The molecule has 0 radical (unpaired) electrons. The summed E-state index contributed by atoms with van der Waals surface area (Å²) < 4.78 is 4.69. The molecule has 1 atom stereocenters. The maximum atomic E-state index is 11.4. The van der Waals surface area contributed by atoms with Gasteiger partial charge in [0, 0.05) is 6.04 Å². The van der Waals surface area contributed by atoms with E-state index in [0.717, 1.165) is 12.8 Å². The van der Waals surface area contributed by atoms with Gasteiger partial charge in [-0.05, 0) is 32.6 Å². The van der Waals surface area contributed by atoms with Crippen molar-refractivity contribution in [2.45, 2.75) is 46.6 Å². The number of urea groups is 1. The molecule has 2 amide bonds. The van der Waals surface area contributed by atoms with Crippen molar-refractivity contribution in [1.82, 2.24) is 10.6 Å². The Kier molecular flexibility index (Phi) is 8.19. The van der Waals surface area contributed by atoms with Crippen LogP contribution in [0.15, 0.2) is 0 Å². The highest BCUT2D eigenvalue weighted by atomic mass is 16.5. The predicted molar refractivity (Wildman–Crippen MR) is 66.7 cm³/mol. The Morgan fingerprint density at radius 3 is 2.35 bits per heavy atom. The van der Waals surface area contributed by atoms with Crippen LogP contribution in [-0.2, 0) is 9.53 Å². The molecule has 0 heterocycles. The van der Waals surface area contributed by atoms with E-state index in [4.69, 9.17) is 4.74 Å². The molecule has 0 fully saturated rings. The monoisotopic (exact) mass is 244 g/mol. The Hall–Kier alpha value is -1.26. The molecule has 0 rings (SSSR count). The standard InChI is InChI=1S/C12H24N2O3/c1-5-17-11(15)8-13-12(16)14-10(4)7-6-9(2)3/h9-10H,5-8H2,1-4H3,(H2,13,14,16)/t10-/m0/s1. The predicted octanol–water partition coefficient (Wildman–Crippen LogP) is 1.67. The fourth-order valence-electron chi connectivity index (χ4n) is 1.29. The highest BCUT2D eigenvalue weighted by Gasteiger charge is 2.09. The minimum atomic E-state index is -0.419. The number of hydrogen-bond donors (Lipinski definition) is 2. The van der Waals surface area contributed by atoms with Crippen molar-refractivity contribution in [1.29, 1.82) is 0 Å². The second kappa shape index (κ2) is 8.84. The van der Waals surface area contributed by atoms with E-state index in [-0.39, 0.29) is 18.6 Å². The Balaban J connectivity index is 3.67. The molecule has 5 heteroatoms. The van der Waals surface area contributed by atoms with Crippen molar-refractivity contribution in [2.75, 3.05) is 13.2 Å². The molecule has 2 N–H and O–H groups in total. The van der Waals surface area contributed by atoms with Gasteiger partial charge < -0.3 is 15.4 Å². The zero-order valence-corrected chi connectivity index (χ0v) is 11.2. The molecule has 0 aromatic carbocycles. The van der Waals surface area contributed by atoms with Crippen LogP contribution >= 0.6 is 0 Å². The van der Waals surface area contributed by atoms with E-state index in [9.17, 15) is 9.59 Å². The van der Waals surface area contributed by atoms with Gasteiger partial charge in [0.15, 0.2) is 0 Å². The van der Waals surface area contributed by atoms with E-state index in [1.807, 2.05) is 6.92 Å². The second-order valence-corrected chi connectivity index (χ2v) is 4.50. The maximum Gasteiger partial charge on any atom is 0.325 e. The van der Waals surface area contributed by atoms with Gasteiger partial charge in [-0.1, -0.05) is 13.8 Å². The van der Waals surface area contributed by atoms with Crippen LogP contribution in [-0.4, -0.2) is 31.2 Å². The summed E-state index contributed by atoms with van der Waals surface area (Å²) in [5, 5.41) is 5.24. The smallest absolute Gasteiger partial charge is 0.325 e. The van der Waals surface area contributed by atoms with Gasteiger partial charge in [-0.25, -0.2) is 4.79 Å². The molecule has 0 spiro atoms. The fraction of sp³-hybridized carbons (Fsp3) is 0.833. The Labute approximate surface area is 103 Å². The van der Waals surface area contributed by atoms with E-state index < -0.39 is 5.97 Å². The van der Waals surface area contributed by atoms with Crippen LogP contribution in [0.4, 0.5) is 4.79 Å². The molecule has 5 nitrogen and oxygen atoms in total. The third kappa shape index (κ3) is 9.66.